The third-order valence-electron chi connectivity index (χ3n) is 3.98. The van der Waals surface area contributed by atoms with Crippen LogP contribution in [-0.2, 0) is 15.8 Å². The highest BCUT2D eigenvalue weighted by atomic mass is 35.5. The molecule has 0 spiro atoms. The molecular formula is C16H26ClFN2O2S. The largest absolute Gasteiger partial charge is 0.313 e. The molecule has 1 aliphatic rings. The predicted molar refractivity (Wildman–Crippen MR) is 93.8 cm³/mol. The first-order valence-corrected chi connectivity index (χ1v) is 9.65. The maximum absolute atomic E-state index is 13.1. The summed E-state index contributed by atoms with van der Waals surface area (Å²) in [4.78, 5) is 0. The number of hydrogen-bond donors (Lipinski definition) is 2. The van der Waals surface area contributed by atoms with Gasteiger partial charge in [-0.25, -0.2) is 17.5 Å². The Morgan fingerprint density at radius 2 is 1.78 bits per heavy atom. The zero-order valence-corrected chi connectivity index (χ0v) is 14.9. The van der Waals surface area contributed by atoms with Gasteiger partial charge in [0.2, 0.25) is 10.0 Å². The second-order valence-corrected chi connectivity index (χ2v) is 7.73. The summed E-state index contributed by atoms with van der Waals surface area (Å²) < 4.78 is 39.5. The molecule has 2 N–H and O–H groups in total. The molecule has 23 heavy (non-hydrogen) atoms. The summed E-state index contributed by atoms with van der Waals surface area (Å²) in [7, 11) is -3.42. The van der Waals surface area contributed by atoms with E-state index in [9.17, 15) is 12.8 Å². The number of sulfonamides is 1. The van der Waals surface area contributed by atoms with Crippen LogP contribution in [0.15, 0.2) is 24.3 Å². The van der Waals surface area contributed by atoms with E-state index in [0.29, 0.717) is 24.7 Å². The second-order valence-electron chi connectivity index (χ2n) is 5.93. The summed E-state index contributed by atoms with van der Waals surface area (Å²) in [5.74, 6) is -0.600. The minimum Gasteiger partial charge on any atom is -0.313 e. The van der Waals surface area contributed by atoms with Gasteiger partial charge in [0.25, 0.3) is 0 Å². The van der Waals surface area contributed by atoms with Crippen molar-refractivity contribution in [3.8, 4) is 0 Å². The molecule has 0 aromatic heterocycles. The summed E-state index contributed by atoms with van der Waals surface area (Å²) in [6, 6.07) is 6.21. The van der Waals surface area contributed by atoms with Gasteiger partial charge in [-0.1, -0.05) is 37.8 Å². The van der Waals surface area contributed by atoms with Gasteiger partial charge in [0.05, 0.1) is 5.75 Å². The lowest BCUT2D eigenvalue weighted by Gasteiger charge is -2.16. The zero-order valence-electron chi connectivity index (χ0n) is 13.3. The number of hydrogen-bond acceptors (Lipinski definition) is 3. The van der Waals surface area contributed by atoms with Crippen LogP contribution in [0.1, 0.15) is 44.1 Å². The Kier molecular flexibility index (Phi) is 9.06. The smallest absolute Gasteiger partial charge is 0.215 e. The molecule has 0 atom stereocenters. The van der Waals surface area contributed by atoms with E-state index in [0.717, 1.165) is 0 Å². The van der Waals surface area contributed by atoms with Crippen LogP contribution in [0.3, 0.4) is 0 Å². The molecule has 4 nitrogen and oxygen atoms in total. The minimum absolute atomic E-state index is 0. The van der Waals surface area contributed by atoms with Crippen molar-refractivity contribution in [3.63, 3.8) is 0 Å². The molecule has 132 valence electrons. The van der Waals surface area contributed by atoms with Gasteiger partial charge in [-0.2, -0.15) is 0 Å². The first-order chi connectivity index (χ1) is 10.6. The van der Waals surface area contributed by atoms with Crippen molar-refractivity contribution in [1.82, 2.24) is 10.0 Å². The van der Waals surface area contributed by atoms with Crippen molar-refractivity contribution < 1.29 is 12.8 Å². The van der Waals surface area contributed by atoms with Gasteiger partial charge in [0, 0.05) is 19.1 Å². The molecule has 0 amide bonds. The van der Waals surface area contributed by atoms with E-state index in [1.807, 2.05) is 0 Å². The topological polar surface area (TPSA) is 58.2 Å². The quantitative estimate of drug-likeness (QED) is 0.577. The van der Waals surface area contributed by atoms with Crippen molar-refractivity contribution in [2.75, 3.05) is 13.1 Å². The van der Waals surface area contributed by atoms with Crippen LogP contribution >= 0.6 is 12.4 Å². The number of halogens is 2. The van der Waals surface area contributed by atoms with E-state index < -0.39 is 15.8 Å². The maximum Gasteiger partial charge on any atom is 0.215 e. The van der Waals surface area contributed by atoms with Gasteiger partial charge in [-0.15, -0.1) is 12.4 Å². The fraction of sp³-hybridized carbons (Fsp3) is 0.625. The van der Waals surface area contributed by atoms with Crippen LogP contribution in [0.25, 0.3) is 0 Å². The van der Waals surface area contributed by atoms with E-state index in [1.165, 1.54) is 56.7 Å². The average Bonchev–Trinajstić information content (AvgIpc) is 2.72. The van der Waals surface area contributed by atoms with Crippen LogP contribution in [0.2, 0.25) is 0 Å². The Bertz CT molecular complexity index is 561. The molecule has 1 aromatic carbocycles. The third-order valence-corrected chi connectivity index (χ3v) is 5.34. The highest BCUT2D eigenvalue weighted by Crippen LogP contribution is 2.16. The fourth-order valence-electron chi connectivity index (χ4n) is 2.86. The molecule has 0 bridgehead atoms. The molecule has 0 radical (unpaired) electrons. The molecule has 1 aromatic rings. The lowest BCUT2D eigenvalue weighted by Crippen LogP contribution is -2.37. The van der Waals surface area contributed by atoms with Gasteiger partial charge in [-0.3, -0.25) is 0 Å². The second kappa shape index (κ2) is 10.2. The fourth-order valence-corrected chi connectivity index (χ4v) is 4.00. The van der Waals surface area contributed by atoms with Crippen LogP contribution in [0.5, 0.6) is 0 Å². The van der Waals surface area contributed by atoms with Crippen molar-refractivity contribution in [3.05, 3.63) is 35.6 Å². The van der Waals surface area contributed by atoms with Crippen molar-refractivity contribution in [2.45, 2.75) is 50.3 Å². The van der Waals surface area contributed by atoms with Crippen LogP contribution in [0, 0.1) is 5.82 Å². The summed E-state index contributed by atoms with van der Waals surface area (Å²) >= 11 is 0. The summed E-state index contributed by atoms with van der Waals surface area (Å²) in [5, 5.41) is 3.42. The molecule has 0 saturated heterocycles. The molecule has 0 unspecified atom stereocenters. The predicted octanol–water partition coefficient (Wildman–Crippen LogP) is 2.98. The Hall–Kier alpha value is -0.690. The lowest BCUT2D eigenvalue weighted by molar-refractivity contribution is 0.461. The van der Waals surface area contributed by atoms with E-state index in [2.05, 4.69) is 10.0 Å². The standard InChI is InChI=1S/C16H25FN2O2S.ClH/c17-15-7-5-6-14(12-15)13-22(20,21)19-11-10-18-16-8-3-1-2-4-9-16;/h5-7,12,16,18-19H,1-4,8-11,13H2;1H. The molecule has 1 aliphatic carbocycles. The zero-order chi connectivity index (χ0) is 15.8. The van der Waals surface area contributed by atoms with Crippen LogP contribution < -0.4 is 10.0 Å². The molecule has 0 heterocycles. The number of benzene rings is 1. The Morgan fingerprint density at radius 1 is 1.09 bits per heavy atom. The minimum atomic E-state index is -3.42. The lowest BCUT2D eigenvalue weighted by atomic mass is 10.1. The normalized spacial score (nSPS) is 16.6. The van der Waals surface area contributed by atoms with Crippen molar-refractivity contribution in [2.24, 2.45) is 0 Å². The van der Waals surface area contributed by atoms with Crippen molar-refractivity contribution in [1.29, 1.82) is 0 Å². The Labute approximate surface area is 144 Å². The first kappa shape index (κ1) is 20.4. The molecular weight excluding hydrogens is 339 g/mol. The summed E-state index contributed by atoms with van der Waals surface area (Å²) in [6.45, 7) is 1.00. The van der Waals surface area contributed by atoms with E-state index in [1.54, 1.807) is 6.07 Å². The van der Waals surface area contributed by atoms with Crippen LogP contribution in [-0.4, -0.2) is 27.5 Å². The van der Waals surface area contributed by atoms with Gasteiger partial charge in [-0.05, 0) is 30.5 Å². The monoisotopic (exact) mass is 364 g/mol. The van der Waals surface area contributed by atoms with Gasteiger partial charge in [0.15, 0.2) is 0 Å². The SMILES string of the molecule is Cl.O=S(=O)(Cc1cccc(F)c1)NCCNC1CCCCCC1. The third kappa shape index (κ3) is 8.11. The maximum atomic E-state index is 13.1. The van der Waals surface area contributed by atoms with Gasteiger partial charge < -0.3 is 5.32 Å². The number of rotatable bonds is 7. The van der Waals surface area contributed by atoms with Crippen molar-refractivity contribution >= 4 is 22.4 Å². The molecule has 1 fully saturated rings. The average molecular weight is 365 g/mol. The summed E-state index contributed by atoms with van der Waals surface area (Å²) in [5.41, 5.74) is 0.462. The molecule has 7 heteroatoms. The summed E-state index contributed by atoms with van der Waals surface area (Å²) in [6.07, 6.45) is 7.47. The Balaban J connectivity index is 0.00000264. The Morgan fingerprint density at radius 3 is 2.43 bits per heavy atom. The van der Waals surface area contributed by atoms with Gasteiger partial charge >= 0.3 is 0 Å². The van der Waals surface area contributed by atoms with E-state index in [-0.39, 0.29) is 18.2 Å². The van der Waals surface area contributed by atoms with E-state index in [4.69, 9.17) is 0 Å². The van der Waals surface area contributed by atoms with Crippen LogP contribution in [0.4, 0.5) is 4.39 Å². The first-order valence-electron chi connectivity index (χ1n) is 8.00. The molecule has 0 aliphatic heterocycles. The van der Waals surface area contributed by atoms with E-state index >= 15 is 0 Å². The molecule has 1 saturated carbocycles. The number of nitrogens with one attached hydrogen (secondary N) is 2. The highest BCUT2D eigenvalue weighted by molar-refractivity contribution is 7.88. The molecule has 2 rings (SSSR count). The van der Waals surface area contributed by atoms with Gasteiger partial charge in [0.1, 0.15) is 5.82 Å². The highest BCUT2D eigenvalue weighted by Gasteiger charge is 2.13.